The van der Waals surface area contributed by atoms with E-state index in [-0.39, 0.29) is 0 Å². The van der Waals surface area contributed by atoms with Gasteiger partial charge in [-0.05, 0) is 140 Å². The van der Waals surface area contributed by atoms with E-state index in [1.807, 2.05) is 0 Å². The minimum atomic E-state index is 0.569. The molecule has 0 bridgehead atoms. The maximum Gasteiger partial charge on any atom is 0.216 e. The predicted molar refractivity (Wildman–Crippen MR) is 283 cm³/mol. The number of aliphatic imine (C=N–C) groups is 6. The molecule has 6 heterocycles. The van der Waals surface area contributed by atoms with Gasteiger partial charge in [0, 0.05) is 33.4 Å². The summed E-state index contributed by atoms with van der Waals surface area (Å²) in [5.74, 6) is 3.93. The quantitative estimate of drug-likeness (QED) is 0.120. The molecule has 12 nitrogen and oxygen atoms in total. The van der Waals surface area contributed by atoms with Gasteiger partial charge in [0.1, 0.15) is 39.6 Å². The Labute approximate surface area is 416 Å². The molecule has 6 aliphatic heterocycles. The second kappa shape index (κ2) is 18.9. The Morgan fingerprint density at radius 2 is 0.306 bits per heavy atom. The topological polar surface area (TPSA) is 130 Å². The van der Waals surface area contributed by atoms with Crippen LogP contribution in [-0.4, -0.2) is 114 Å². The first kappa shape index (κ1) is 43.4. The first-order valence-electron chi connectivity index (χ1n) is 24.6. The summed E-state index contributed by atoms with van der Waals surface area (Å²) in [6, 6.07) is 51.9. The highest BCUT2D eigenvalue weighted by Gasteiger charge is 2.31. The van der Waals surface area contributed by atoms with E-state index >= 15 is 0 Å². The molecule has 0 N–H and O–H groups in total. The highest BCUT2D eigenvalue weighted by Crippen LogP contribution is 2.56. The third-order valence-corrected chi connectivity index (χ3v) is 13.5. The van der Waals surface area contributed by atoms with Gasteiger partial charge >= 0.3 is 0 Å². The highest BCUT2D eigenvalue weighted by molar-refractivity contribution is 6.16. The monoisotopic (exact) mass is 948 g/mol. The first-order chi connectivity index (χ1) is 35.7. The zero-order valence-corrected chi connectivity index (χ0v) is 39.5. The Morgan fingerprint density at radius 1 is 0.181 bits per heavy atom. The van der Waals surface area contributed by atoms with Crippen LogP contribution in [0.15, 0.2) is 176 Å². The van der Waals surface area contributed by atoms with E-state index in [9.17, 15) is 0 Å². The lowest BCUT2D eigenvalue weighted by Crippen LogP contribution is -2.06. The second-order valence-electron chi connectivity index (χ2n) is 17.9. The molecule has 0 saturated heterocycles. The van der Waals surface area contributed by atoms with Crippen molar-refractivity contribution in [2.45, 2.75) is 0 Å². The zero-order chi connectivity index (χ0) is 47.8. The normalized spacial score (nSPS) is 16.8. The smallest absolute Gasteiger partial charge is 0.216 e. The molecule has 0 aliphatic carbocycles. The van der Waals surface area contributed by atoms with Crippen LogP contribution in [0.3, 0.4) is 0 Å². The molecule has 0 radical (unpaired) electrons. The van der Waals surface area contributed by atoms with Gasteiger partial charge in [0.15, 0.2) is 0 Å². The van der Waals surface area contributed by atoms with Crippen LogP contribution in [0.2, 0.25) is 0 Å². The van der Waals surface area contributed by atoms with Crippen LogP contribution in [0.5, 0.6) is 0 Å². The molecule has 13 rings (SSSR count). The van der Waals surface area contributed by atoms with Gasteiger partial charge in [-0.1, -0.05) is 72.8 Å². The predicted octanol–water partition coefficient (Wildman–Crippen LogP) is 10.3. The molecule has 0 aromatic heterocycles. The van der Waals surface area contributed by atoms with Crippen LogP contribution in [-0.2, 0) is 28.4 Å². The Bertz CT molecular complexity index is 2800. The zero-order valence-electron chi connectivity index (χ0n) is 39.5. The van der Waals surface area contributed by atoms with Gasteiger partial charge in [-0.15, -0.1) is 0 Å². The summed E-state index contributed by atoms with van der Waals surface area (Å²) in [4.78, 5) is 28.1. The number of rotatable bonds is 12. The van der Waals surface area contributed by atoms with E-state index in [4.69, 9.17) is 28.4 Å². The molecular formula is C60H48N6O6. The third kappa shape index (κ3) is 8.18. The average Bonchev–Trinajstić information content (AvgIpc) is 4.30. The lowest BCUT2D eigenvalue weighted by atomic mass is 9.74. The summed E-state index contributed by atoms with van der Waals surface area (Å²) in [6.45, 7) is 7.24. The van der Waals surface area contributed by atoms with Crippen LogP contribution >= 0.6 is 0 Å². The molecular weight excluding hydrogens is 901 g/mol. The van der Waals surface area contributed by atoms with Gasteiger partial charge in [-0.3, -0.25) is 0 Å². The van der Waals surface area contributed by atoms with E-state index in [0.29, 0.717) is 114 Å². The lowest BCUT2D eigenvalue weighted by Gasteiger charge is -2.29. The molecule has 7 aromatic rings. The summed E-state index contributed by atoms with van der Waals surface area (Å²) in [6.07, 6.45) is 0. The number of ether oxygens (including phenoxy) is 6. The van der Waals surface area contributed by atoms with E-state index in [1.165, 1.54) is 0 Å². The minimum Gasteiger partial charge on any atom is -0.476 e. The fraction of sp³-hybridized carbons (Fsp3) is 0.200. The van der Waals surface area contributed by atoms with Crippen molar-refractivity contribution in [2.75, 3.05) is 78.9 Å². The maximum absolute atomic E-state index is 5.99. The van der Waals surface area contributed by atoms with Crippen molar-refractivity contribution in [1.29, 1.82) is 0 Å². The van der Waals surface area contributed by atoms with E-state index in [1.54, 1.807) is 0 Å². The largest absolute Gasteiger partial charge is 0.476 e. The Hall–Kier alpha value is -8.64. The van der Waals surface area contributed by atoms with Crippen molar-refractivity contribution in [3.63, 3.8) is 0 Å². The average molecular weight is 949 g/mol. The summed E-state index contributed by atoms with van der Waals surface area (Å²) in [7, 11) is 0. The van der Waals surface area contributed by atoms with Crippen molar-refractivity contribution in [1.82, 2.24) is 0 Å². The molecule has 0 fully saturated rings. The number of hydrogen-bond acceptors (Lipinski definition) is 12. The van der Waals surface area contributed by atoms with Gasteiger partial charge in [-0.2, -0.15) is 0 Å². The molecule has 0 amide bonds. The van der Waals surface area contributed by atoms with Gasteiger partial charge in [-0.25, -0.2) is 30.0 Å². The molecule has 72 heavy (non-hydrogen) atoms. The molecule has 12 heteroatoms. The Balaban J connectivity index is 1.16. The van der Waals surface area contributed by atoms with Crippen LogP contribution < -0.4 is 0 Å². The fourth-order valence-electron chi connectivity index (χ4n) is 10.2. The lowest BCUT2D eigenvalue weighted by molar-refractivity contribution is 0.348. The van der Waals surface area contributed by atoms with Crippen LogP contribution in [0.4, 0.5) is 0 Å². The molecule has 0 spiro atoms. The van der Waals surface area contributed by atoms with Crippen molar-refractivity contribution >= 4 is 35.4 Å². The van der Waals surface area contributed by atoms with Gasteiger partial charge in [0.2, 0.25) is 35.4 Å². The van der Waals surface area contributed by atoms with Crippen molar-refractivity contribution in [3.05, 3.63) is 179 Å². The van der Waals surface area contributed by atoms with Gasteiger partial charge in [0.25, 0.3) is 0 Å². The standard InChI is InChI=1S/C60H48N6O6/c1-13-43(55-61-25-31-67-55)14-2-37(1)49-50(38-3-15-44(16-4-38)56-62-26-32-68-56)52(40-7-19-46(20-8-40)58-64-28-34-70-58)54(42-11-23-48(24-12-42)60-66-30-36-72-60)53(41-9-21-47(22-10-41)59-65-29-35-71-59)51(49)39-5-17-45(18-6-39)57-63-27-33-69-57/h1-24H,25-36H2. The van der Waals surface area contributed by atoms with E-state index in [0.717, 1.165) is 100 Å². The molecule has 7 aromatic carbocycles. The molecule has 0 saturated carbocycles. The summed E-state index contributed by atoms with van der Waals surface area (Å²) in [5, 5.41) is 0. The highest BCUT2D eigenvalue weighted by atomic mass is 16.5. The van der Waals surface area contributed by atoms with Gasteiger partial charge in [0.05, 0.1) is 39.3 Å². The van der Waals surface area contributed by atoms with E-state index < -0.39 is 0 Å². The van der Waals surface area contributed by atoms with Crippen LogP contribution in [0.1, 0.15) is 33.4 Å². The number of nitrogens with zero attached hydrogens (tertiary/aromatic N) is 6. The van der Waals surface area contributed by atoms with Crippen LogP contribution in [0.25, 0.3) is 66.8 Å². The summed E-state index contributed by atoms with van der Waals surface area (Å²) >= 11 is 0. The van der Waals surface area contributed by atoms with Crippen molar-refractivity contribution in [3.8, 4) is 66.8 Å². The second-order valence-corrected chi connectivity index (χ2v) is 17.9. The summed E-state index contributed by atoms with van der Waals surface area (Å²) < 4.78 is 35.9. The van der Waals surface area contributed by atoms with Gasteiger partial charge < -0.3 is 28.4 Å². The first-order valence-corrected chi connectivity index (χ1v) is 24.6. The molecule has 0 unspecified atom stereocenters. The van der Waals surface area contributed by atoms with Crippen molar-refractivity contribution in [2.24, 2.45) is 30.0 Å². The number of benzene rings is 7. The molecule has 6 aliphatic rings. The minimum absolute atomic E-state index is 0.569. The fourth-order valence-corrected chi connectivity index (χ4v) is 10.2. The summed E-state index contributed by atoms with van der Waals surface area (Å²) in [5.41, 5.74) is 17.9. The van der Waals surface area contributed by atoms with Crippen molar-refractivity contribution < 1.29 is 28.4 Å². The SMILES string of the molecule is c1cc(-c2c(-c3ccc(C4=NCCO4)cc3)c(-c3ccc(C4=NCCO4)cc3)c(-c3ccc(C4=NCCO4)cc3)c(-c3ccc(C4=NCCO4)cc3)c2-c2ccc(C3=NCCO3)cc2)ccc1C1=NCCO1. The number of hydrogen-bond donors (Lipinski definition) is 0. The Kier molecular flexibility index (Phi) is 11.4. The molecule has 0 atom stereocenters. The van der Waals surface area contributed by atoms with E-state index in [2.05, 4.69) is 176 Å². The molecule has 354 valence electrons. The van der Waals surface area contributed by atoms with Crippen LogP contribution in [0, 0.1) is 0 Å². The third-order valence-electron chi connectivity index (χ3n) is 13.5. The maximum atomic E-state index is 5.99. The Morgan fingerprint density at radius 3 is 0.417 bits per heavy atom.